The molecule has 0 saturated carbocycles. The number of carbonyl (C=O) groups excluding carboxylic acids is 1. The van der Waals surface area contributed by atoms with Crippen LogP contribution in [0.4, 0.5) is 0 Å². The van der Waals surface area contributed by atoms with Gasteiger partial charge in [0.15, 0.2) is 0 Å². The molecule has 0 spiro atoms. The number of aromatic nitrogens is 1. The Hall–Kier alpha value is -2.36. The number of benzene rings is 1. The molecule has 1 aliphatic rings. The second-order valence-electron chi connectivity index (χ2n) is 5.19. The summed E-state index contributed by atoms with van der Waals surface area (Å²) in [7, 11) is 0. The first kappa shape index (κ1) is 13.6. The van der Waals surface area contributed by atoms with E-state index in [-0.39, 0.29) is 12.0 Å². The molecule has 1 fully saturated rings. The average molecular weight is 284 g/mol. The molecule has 6 nitrogen and oxygen atoms in total. The number of ether oxygens (including phenoxy) is 1. The maximum atomic E-state index is 11.4. The van der Waals surface area contributed by atoms with Gasteiger partial charge in [-0.15, -0.1) is 0 Å². The number of hydrogen-bond donors (Lipinski definition) is 2. The zero-order chi connectivity index (χ0) is 14.8. The van der Waals surface area contributed by atoms with Gasteiger partial charge in [-0.2, -0.15) is 5.26 Å². The van der Waals surface area contributed by atoms with Gasteiger partial charge in [0.05, 0.1) is 17.7 Å². The summed E-state index contributed by atoms with van der Waals surface area (Å²) < 4.78 is 7.80. The van der Waals surface area contributed by atoms with Gasteiger partial charge in [0.25, 0.3) is 5.91 Å². The van der Waals surface area contributed by atoms with Crippen molar-refractivity contribution in [1.29, 1.82) is 5.26 Å². The van der Waals surface area contributed by atoms with E-state index in [1.807, 2.05) is 24.4 Å². The largest absolute Gasteiger partial charge is 0.363 e. The van der Waals surface area contributed by atoms with Gasteiger partial charge in [0.1, 0.15) is 6.10 Å². The zero-order valence-corrected chi connectivity index (χ0v) is 11.5. The Kier molecular flexibility index (Phi) is 3.60. The van der Waals surface area contributed by atoms with E-state index in [1.54, 1.807) is 6.07 Å². The molecule has 21 heavy (non-hydrogen) atoms. The number of fused-ring (bicyclic) bond motifs is 1. The van der Waals surface area contributed by atoms with Gasteiger partial charge < -0.3 is 9.30 Å². The van der Waals surface area contributed by atoms with Crippen LogP contribution in [-0.2, 0) is 16.1 Å². The van der Waals surface area contributed by atoms with E-state index in [1.165, 1.54) is 0 Å². The Morgan fingerprint density at radius 1 is 1.48 bits per heavy atom. The maximum Gasteiger partial charge on any atom is 0.263 e. The minimum atomic E-state index is -0.452. The highest BCUT2D eigenvalue weighted by Gasteiger charge is 2.30. The Morgan fingerprint density at radius 2 is 2.33 bits per heavy atom. The summed E-state index contributed by atoms with van der Waals surface area (Å²) >= 11 is 0. The molecule has 0 aliphatic carbocycles. The molecule has 3 N–H and O–H groups in total. The normalized spacial score (nSPS) is 21.3. The summed E-state index contributed by atoms with van der Waals surface area (Å²) in [6, 6.07) is 9.73. The fraction of sp³-hybridized carbons (Fsp3) is 0.333. The van der Waals surface area contributed by atoms with Crippen molar-refractivity contribution in [3.8, 4) is 6.07 Å². The quantitative estimate of drug-likeness (QED) is 0.500. The molecule has 2 heterocycles. The van der Waals surface area contributed by atoms with E-state index in [0.29, 0.717) is 18.5 Å². The van der Waals surface area contributed by atoms with Crippen molar-refractivity contribution < 1.29 is 9.53 Å². The summed E-state index contributed by atoms with van der Waals surface area (Å²) in [6.07, 6.45) is 3.04. The monoisotopic (exact) mass is 284 g/mol. The molecule has 2 atom stereocenters. The van der Waals surface area contributed by atoms with Crippen molar-refractivity contribution in [3.05, 3.63) is 36.0 Å². The summed E-state index contributed by atoms with van der Waals surface area (Å²) in [6.45, 7) is 0.684. The van der Waals surface area contributed by atoms with Crippen LogP contribution >= 0.6 is 0 Å². The number of nitrogens with two attached hydrogens (primary N) is 1. The lowest BCUT2D eigenvalue weighted by Gasteiger charge is -2.14. The average Bonchev–Trinajstić information content (AvgIpc) is 3.14. The van der Waals surface area contributed by atoms with Gasteiger partial charge in [0.2, 0.25) is 0 Å². The third-order valence-corrected chi connectivity index (χ3v) is 3.84. The second kappa shape index (κ2) is 5.56. The fourth-order valence-electron chi connectivity index (χ4n) is 2.77. The Bertz CT molecular complexity index is 716. The van der Waals surface area contributed by atoms with Crippen molar-refractivity contribution in [2.24, 2.45) is 5.84 Å². The highest BCUT2D eigenvalue weighted by atomic mass is 16.5. The molecular formula is C15H16N4O2. The van der Waals surface area contributed by atoms with Crippen molar-refractivity contribution >= 4 is 16.8 Å². The standard InChI is InChI=1S/C15H16N4O2/c16-8-10-1-3-13-11(7-10)5-6-19(13)9-12-2-4-14(21-12)15(20)18-17/h1,3,5-7,12,14H,2,4,9,17H2,(H,18,20). The van der Waals surface area contributed by atoms with Crippen LogP contribution in [-0.4, -0.2) is 22.7 Å². The van der Waals surface area contributed by atoms with E-state index in [0.717, 1.165) is 17.3 Å². The predicted octanol–water partition coefficient (Wildman–Crippen LogP) is 1.05. The van der Waals surface area contributed by atoms with Crippen LogP contribution < -0.4 is 11.3 Å². The second-order valence-corrected chi connectivity index (χ2v) is 5.19. The minimum Gasteiger partial charge on any atom is -0.363 e. The highest BCUT2D eigenvalue weighted by Crippen LogP contribution is 2.24. The van der Waals surface area contributed by atoms with Crippen LogP contribution in [0.25, 0.3) is 10.9 Å². The molecule has 1 saturated heterocycles. The SMILES string of the molecule is N#Cc1ccc2c(ccn2CC2CCC(C(=O)NN)O2)c1. The van der Waals surface area contributed by atoms with Crippen LogP contribution in [0.3, 0.4) is 0 Å². The van der Waals surface area contributed by atoms with Crippen molar-refractivity contribution in [2.75, 3.05) is 0 Å². The Labute approximate surface area is 122 Å². The van der Waals surface area contributed by atoms with Crippen LogP contribution in [0.1, 0.15) is 18.4 Å². The smallest absolute Gasteiger partial charge is 0.263 e. The molecule has 0 bridgehead atoms. The van der Waals surface area contributed by atoms with Crippen LogP contribution in [0, 0.1) is 11.3 Å². The number of rotatable bonds is 3. The molecule has 3 rings (SSSR count). The molecule has 0 radical (unpaired) electrons. The van der Waals surface area contributed by atoms with Crippen LogP contribution in [0.5, 0.6) is 0 Å². The summed E-state index contributed by atoms with van der Waals surface area (Å²) in [5, 5.41) is 9.94. The number of hydrazine groups is 1. The molecule has 1 aromatic heterocycles. The van der Waals surface area contributed by atoms with Crippen LogP contribution in [0.15, 0.2) is 30.5 Å². The first-order chi connectivity index (χ1) is 10.2. The summed E-state index contributed by atoms with van der Waals surface area (Å²) in [5.74, 6) is 4.85. The molecular weight excluding hydrogens is 268 g/mol. The molecule has 2 aromatic rings. The first-order valence-corrected chi connectivity index (χ1v) is 6.86. The minimum absolute atomic E-state index is 0.00135. The van der Waals surface area contributed by atoms with E-state index in [2.05, 4.69) is 16.1 Å². The number of nitriles is 1. The number of hydrogen-bond acceptors (Lipinski definition) is 4. The molecule has 1 aliphatic heterocycles. The van der Waals surface area contributed by atoms with Gasteiger partial charge in [-0.25, -0.2) is 5.84 Å². The van der Waals surface area contributed by atoms with Gasteiger partial charge in [-0.3, -0.25) is 10.2 Å². The van der Waals surface area contributed by atoms with Crippen molar-refractivity contribution in [1.82, 2.24) is 9.99 Å². The van der Waals surface area contributed by atoms with Gasteiger partial charge in [-0.05, 0) is 37.1 Å². The van der Waals surface area contributed by atoms with Gasteiger partial charge >= 0.3 is 0 Å². The molecule has 108 valence electrons. The fourth-order valence-corrected chi connectivity index (χ4v) is 2.77. The number of amides is 1. The van der Waals surface area contributed by atoms with Crippen molar-refractivity contribution in [2.45, 2.75) is 31.6 Å². The van der Waals surface area contributed by atoms with E-state index >= 15 is 0 Å². The van der Waals surface area contributed by atoms with E-state index < -0.39 is 6.10 Å². The highest BCUT2D eigenvalue weighted by molar-refractivity contribution is 5.82. The van der Waals surface area contributed by atoms with E-state index in [4.69, 9.17) is 15.8 Å². The number of nitrogens with zero attached hydrogens (tertiary/aromatic N) is 2. The number of nitrogens with one attached hydrogen (secondary N) is 1. The van der Waals surface area contributed by atoms with Gasteiger partial charge in [0, 0.05) is 23.6 Å². The lowest BCUT2D eigenvalue weighted by Crippen LogP contribution is -2.39. The van der Waals surface area contributed by atoms with E-state index in [9.17, 15) is 4.79 Å². The zero-order valence-electron chi connectivity index (χ0n) is 11.5. The number of carbonyl (C=O) groups is 1. The third-order valence-electron chi connectivity index (χ3n) is 3.84. The van der Waals surface area contributed by atoms with Gasteiger partial charge in [-0.1, -0.05) is 0 Å². The summed E-state index contributed by atoms with van der Waals surface area (Å²) in [4.78, 5) is 11.4. The Balaban J connectivity index is 1.74. The van der Waals surface area contributed by atoms with Crippen LogP contribution in [0.2, 0.25) is 0 Å². The third kappa shape index (κ3) is 2.61. The predicted molar refractivity (Wildman–Crippen MR) is 76.9 cm³/mol. The lowest BCUT2D eigenvalue weighted by atomic mass is 10.1. The maximum absolute atomic E-state index is 11.4. The van der Waals surface area contributed by atoms with Crippen molar-refractivity contribution in [3.63, 3.8) is 0 Å². The molecule has 1 aromatic carbocycles. The topological polar surface area (TPSA) is 93.1 Å². The summed E-state index contributed by atoms with van der Waals surface area (Å²) in [5.41, 5.74) is 3.84. The molecule has 6 heteroatoms. The first-order valence-electron chi connectivity index (χ1n) is 6.86. The lowest BCUT2D eigenvalue weighted by molar-refractivity contribution is -0.132. The molecule has 2 unspecified atom stereocenters. The molecule has 1 amide bonds. The Morgan fingerprint density at radius 3 is 3.10 bits per heavy atom.